The summed E-state index contributed by atoms with van der Waals surface area (Å²) in [6.45, 7) is 2.02. The highest BCUT2D eigenvalue weighted by Crippen LogP contribution is 2.24. The molecule has 0 aliphatic carbocycles. The van der Waals surface area contributed by atoms with Gasteiger partial charge in [-0.25, -0.2) is 0 Å². The monoisotopic (exact) mass is 281 g/mol. The molecule has 0 aliphatic heterocycles. The first kappa shape index (κ1) is 12.9. The van der Waals surface area contributed by atoms with E-state index in [9.17, 15) is 4.79 Å². The normalized spacial score (nSPS) is 12.2. The van der Waals surface area contributed by atoms with Crippen LogP contribution in [0.15, 0.2) is 60.0 Å². The topological polar surface area (TPSA) is 29.1 Å². The smallest absolute Gasteiger partial charge is 0.261 e. The van der Waals surface area contributed by atoms with E-state index in [2.05, 4.69) is 29.6 Å². The maximum Gasteiger partial charge on any atom is 0.261 e. The molecule has 1 aromatic heterocycles. The molecule has 0 radical (unpaired) electrons. The Bertz CT molecular complexity index is 728. The minimum absolute atomic E-state index is 0.0135. The average Bonchev–Trinajstić information content (AvgIpc) is 3.01. The van der Waals surface area contributed by atoms with E-state index in [1.165, 1.54) is 22.1 Å². The third-order valence-corrected chi connectivity index (χ3v) is 4.25. The molecule has 2 aromatic carbocycles. The van der Waals surface area contributed by atoms with Gasteiger partial charge in [-0.3, -0.25) is 4.79 Å². The lowest BCUT2D eigenvalue weighted by Crippen LogP contribution is -2.25. The molecule has 100 valence electrons. The Kier molecular flexibility index (Phi) is 3.52. The molecule has 2 nitrogen and oxygen atoms in total. The lowest BCUT2D eigenvalue weighted by molar-refractivity contribution is 0.0944. The largest absolute Gasteiger partial charge is 0.345 e. The van der Waals surface area contributed by atoms with E-state index in [0.29, 0.717) is 0 Å². The van der Waals surface area contributed by atoms with Gasteiger partial charge in [-0.1, -0.05) is 48.5 Å². The van der Waals surface area contributed by atoms with Crippen molar-refractivity contribution in [3.63, 3.8) is 0 Å². The molecule has 0 unspecified atom stereocenters. The standard InChI is InChI=1S/C17H15NOS/c1-12(18-17(19)16-10-5-11-20-16)14-9-4-7-13-6-2-3-8-15(13)14/h2-12H,1H3,(H,18,19)/t12-/m0/s1. The second kappa shape index (κ2) is 5.47. The van der Waals surface area contributed by atoms with Crippen LogP contribution in [0.25, 0.3) is 10.8 Å². The first-order chi connectivity index (χ1) is 9.75. The molecule has 1 N–H and O–H groups in total. The number of amides is 1. The molecular formula is C17H15NOS. The van der Waals surface area contributed by atoms with Crippen molar-refractivity contribution in [3.8, 4) is 0 Å². The third-order valence-electron chi connectivity index (χ3n) is 3.38. The Morgan fingerprint density at radius 3 is 2.65 bits per heavy atom. The van der Waals surface area contributed by atoms with Crippen LogP contribution in [-0.2, 0) is 0 Å². The van der Waals surface area contributed by atoms with Gasteiger partial charge in [-0.2, -0.15) is 0 Å². The van der Waals surface area contributed by atoms with Crippen molar-refractivity contribution in [2.24, 2.45) is 0 Å². The van der Waals surface area contributed by atoms with E-state index < -0.39 is 0 Å². The Labute approximate surface area is 122 Å². The average molecular weight is 281 g/mol. The molecule has 20 heavy (non-hydrogen) atoms. The van der Waals surface area contributed by atoms with Gasteiger partial charge >= 0.3 is 0 Å². The molecule has 0 saturated carbocycles. The molecule has 1 heterocycles. The fraction of sp³-hybridized carbons (Fsp3) is 0.118. The molecule has 3 aromatic rings. The van der Waals surface area contributed by atoms with Crippen LogP contribution < -0.4 is 5.32 Å². The van der Waals surface area contributed by atoms with Crippen molar-refractivity contribution in [2.45, 2.75) is 13.0 Å². The van der Waals surface area contributed by atoms with Crippen LogP contribution in [0.5, 0.6) is 0 Å². The van der Waals surface area contributed by atoms with Crippen LogP contribution in [0.4, 0.5) is 0 Å². The van der Waals surface area contributed by atoms with Crippen LogP contribution in [0.1, 0.15) is 28.2 Å². The van der Waals surface area contributed by atoms with Gasteiger partial charge in [0.05, 0.1) is 10.9 Å². The van der Waals surface area contributed by atoms with Crippen molar-refractivity contribution in [2.75, 3.05) is 0 Å². The summed E-state index contributed by atoms with van der Waals surface area (Å²) in [7, 11) is 0. The molecule has 3 rings (SSSR count). The Balaban J connectivity index is 1.89. The number of hydrogen-bond acceptors (Lipinski definition) is 2. The highest BCUT2D eigenvalue weighted by molar-refractivity contribution is 7.12. The van der Waals surface area contributed by atoms with E-state index >= 15 is 0 Å². The predicted octanol–water partition coefficient (Wildman–Crippen LogP) is 4.39. The number of nitrogens with one attached hydrogen (secondary N) is 1. The van der Waals surface area contributed by atoms with Gasteiger partial charge in [0.15, 0.2) is 0 Å². The van der Waals surface area contributed by atoms with Gasteiger partial charge < -0.3 is 5.32 Å². The molecule has 1 atom stereocenters. The van der Waals surface area contributed by atoms with Crippen LogP contribution in [0.2, 0.25) is 0 Å². The summed E-state index contributed by atoms with van der Waals surface area (Å²) >= 11 is 1.46. The lowest BCUT2D eigenvalue weighted by atomic mass is 10.00. The third kappa shape index (κ3) is 2.45. The second-order valence-electron chi connectivity index (χ2n) is 4.74. The summed E-state index contributed by atoms with van der Waals surface area (Å²) < 4.78 is 0. The molecule has 0 aliphatic rings. The molecule has 0 bridgehead atoms. The maximum atomic E-state index is 12.1. The SMILES string of the molecule is C[C@H](NC(=O)c1cccs1)c1cccc2ccccc12. The van der Waals surface area contributed by atoms with Gasteiger partial charge in [-0.15, -0.1) is 11.3 Å². The second-order valence-corrected chi connectivity index (χ2v) is 5.69. The van der Waals surface area contributed by atoms with Crippen molar-refractivity contribution < 1.29 is 4.79 Å². The van der Waals surface area contributed by atoms with Crippen molar-refractivity contribution in [1.82, 2.24) is 5.32 Å². The minimum Gasteiger partial charge on any atom is -0.345 e. The molecule has 0 fully saturated rings. The van der Waals surface area contributed by atoms with Gasteiger partial charge in [0.1, 0.15) is 0 Å². The highest BCUT2D eigenvalue weighted by Gasteiger charge is 2.13. The summed E-state index contributed by atoms with van der Waals surface area (Å²) in [5, 5.41) is 7.36. The van der Waals surface area contributed by atoms with Gasteiger partial charge in [0.2, 0.25) is 0 Å². The van der Waals surface area contributed by atoms with Crippen molar-refractivity contribution in [1.29, 1.82) is 0 Å². The zero-order chi connectivity index (χ0) is 13.9. The van der Waals surface area contributed by atoms with Crippen molar-refractivity contribution in [3.05, 3.63) is 70.4 Å². The summed E-state index contributed by atoms with van der Waals surface area (Å²) in [5.74, 6) is -0.0135. The van der Waals surface area contributed by atoms with Crippen LogP contribution in [0, 0.1) is 0 Å². The van der Waals surface area contributed by atoms with Gasteiger partial charge in [0.25, 0.3) is 5.91 Å². The Morgan fingerprint density at radius 2 is 1.85 bits per heavy atom. The number of benzene rings is 2. The maximum absolute atomic E-state index is 12.1. The fourth-order valence-electron chi connectivity index (χ4n) is 2.38. The molecule has 3 heteroatoms. The van der Waals surface area contributed by atoms with E-state index in [-0.39, 0.29) is 11.9 Å². The highest BCUT2D eigenvalue weighted by atomic mass is 32.1. The summed E-state index contributed by atoms with van der Waals surface area (Å²) in [5.41, 5.74) is 1.15. The summed E-state index contributed by atoms with van der Waals surface area (Å²) in [6.07, 6.45) is 0. The first-order valence-corrected chi connectivity index (χ1v) is 7.46. The van der Waals surface area contributed by atoms with Crippen LogP contribution in [-0.4, -0.2) is 5.91 Å². The van der Waals surface area contributed by atoms with Crippen LogP contribution >= 0.6 is 11.3 Å². The summed E-state index contributed by atoms with van der Waals surface area (Å²) in [4.78, 5) is 12.9. The molecule has 1 amide bonds. The number of fused-ring (bicyclic) bond motifs is 1. The van der Waals surface area contributed by atoms with E-state index in [0.717, 1.165) is 10.4 Å². The predicted molar refractivity (Wildman–Crippen MR) is 84.1 cm³/mol. The fourth-order valence-corrected chi connectivity index (χ4v) is 3.01. The first-order valence-electron chi connectivity index (χ1n) is 6.58. The number of hydrogen-bond donors (Lipinski definition) is 1. The van der Waals surface area contributed by atoms with Crippen molar-refractivity contribution >= 4 is 28.0 Å². The number of carbonyl (C=O) groups excluding carboxylic acids is 1. The molecular weight excluding hydrogens is 266 g/mol. The number of thiophene rings is 1. The summed E-state index contributed by atoms with van der Waals surface area (Å²) in [6, 6.07) is 18.2. The van der Waals surface area contributed by atoms with Gasteiger partial charge in [-0.05, 0) is 34.7 Å². The Morgan fingerprint density at radius 1 is 1.05 bits per heavy atom. The molecule has 0 saturated heterocycles. The zero-order valence-electron chi connectivity index (χ0n) is 11.2. The molecule has 0 spiro atoms. The number of carbonyl (C=O) groups is 1. The minimum atomic E-state index is -0.0179. The van der Waals surface area contributed by atoms with Crippen LogP contribution in [0.3, 0.4) is 0 Å². The zero-order valence-corrected chi connectivity index (χ0v) is 12.0. The Hall–Kier alpha value is -2.13. The lowest BCUT2D eigenvalue weighted by Gasteiger charge is -2.16. The number of rotatable bonds is 3. The van der Waals surface area contributed by atoms with E-state index in [4.69, 9.17) is 0 Å². The van der Waals surface area contributed by atoms with E-state index in [1.54, 1.807) is 0 Å². The quantitative estimate of drug-likeness (QED) is 0.758. The van der Waals surface area contributed by atoms with Gasteiger partial charge in [0, 0.05) is 0 Å². The van der Waals surface area contributed by atoms with E-state index in [1.807, 2.05) is 42.6 Å².